The van der Waals surface area contributed by atoms with Gasteiger partial charge in [0.05, 0.1) is 27.2 Å². The number of unbranched alkanes of at least 4 members (excludes halogenated alkanes) is 5. The maximum atomic E-state index is 12.0. The molecule has 0 fully saturated rings. The van der Waals surface area contributed by atoms with Crippen molar-refractivity contribution in [3.63, 3.8) is 0 Å². The van der Waals surface area contributed by atoms with Crippen molar-refractivity contribution >= 4 is 7.82 Å². The molecule has 0 aliphatic rings. The van der Waals surface area contributed by atoms with Gasteiger partial charge in [-0.05, 0) is 12.8 Å². The van der Waals surface area contributed by atoms with Crippen molar-refractivity contribution in [2.45, 2.75) is 77.7 Å². The van der Waals surface area contributed by atoms with Crippen LogP contribution < -0.4 is 4.89 Å². The molecule has 23 heavy (non-hydrogen) atoms. The molecule has 0 heterocycles. The summed E-state index contributed by atoms with van der Waals surface area (Å²) in [6.45, 7) is 5.05. The molecule has 0 aromatic carbocycles. The second-order valence-electron chi connectivity index (χ2n) is 7.37. The third kappa shape index (κ3) is 15.3. The topological polar surface area (TPSA) is 58.6 Å². The number of phosphoric acid groups is 1. The number of hydrogen-bond donors (Lipinski definition) is 0. The van der Waals surface area contributed by atoms with Gasteiger partial charge in [0.1, 0.15) is 13.2 Å². The molecule has 6 heteroatoms. The summed E-state index contributed by atoms with van der Waals surface area (Å²) in [6.07, 6.45) is 9.42. The Balaban J connectivity index is 4.09. The SMILES string of the molecule is CCCCCCCCC(CCC)OP(=O)([O-])OCC[N+](C)(C)C. The Hall–Kier alpha value is 0.0700. The summed E-state index contributed by atoms with van der Waals surface area (Å²) in [5.41, 5.74) is 0. The van der Waals surface area contributed by atoms with E-state index in [0.717, 1.165) is 32.1 Å². The second kappa shape index (κ2) is 12.4. The minimum absolute atomic E-state index is 0.167. The molecule has 140 valence electrons. The van der Waals surface area contributed by atoms with Gasteiger partial charge >= 0.3 is 0 Å². The van der Waals surface area contributed by atoms with Gasteiger partial charge in [-0.25, -0.2) is 0 Å². The smallest absolute Gasteiger partial charge is 0.268 e. The molecule has 0 rings (SSSR count). The van der Waals surface area contributed by atoms with E-state index in [1.165, 1.54) is 25.7 Å². The van der Waals surface area contributed by atoms with Gasteiger partial charge in [0.15, 0.2) is 0 Å². The molecule has 0 bridgehead atoms. The van der Waals surface area contributed by atoms with E-state index in [2.05, 4.69) is 6.92 Å². The van der Waals surface area contributed by atoms with Gasteiger partial charge in [0.25, 0.3) is 7.82 Å². The predicted octanol–water partition coefficient (Wildman–Crippen LogP) is 4.11. The lowest BCUT2D eigenvalue weighted by Crippen LogP contribution is -2.37. The molecule has 0 aliphatic carbocycles. The van der Waals surface area contributed by atoms with Gasteiger partial charge in [-0.3, -0.25) is 4.57 Å². The van der Waals surface area contributed by atoms with Crippen molar-refractivity contribution in [3.05, 3.63) is 0 Å². The Morgan fingerprint density at radius 1 is 0.957 bits per heavy atom. The zero-order valence-corrected chi connectivity index (χ0v) is 16.8. The van der Waals surface area contributed by atoms with E-state index in [1.807, 2.05) is 28.1 Å². The van der Waals surface area contributed by atoms with Crippen LogP contribution >= 0.6 is 7.82 Å². The number of phosphoric ester groups is 1. The summed E-state index contributed by atoms with van der Waals surface area (Å²) in [4.78, 5) is 12.0. The molecule has 0 N–H and O–H groups in total. The maximum Gasteiger partial charge on any atom is 0.268 e. The van der Waals surface area contributed by atoms with Gasteiger partial charge in [-0.1, -0.05) is 58.8 Å². The Labute approximate surface area is 143 Å². The van der Waals surface area contributed by atoms with Crippen molar-refractivity contribution in [3.8, 4) is 0 Å². The number of rotatable bonds is 15. The van der Waals surface area contributed by atoms with Crippen molar-refractivity contribution in [2.24, 2.45) is 0 Å². The third-order valence-electron chi connectivity index (χ3n) is 3.78. The minimum Gasteiger partial charge on any atom is -0.756 e. The number of hydrogen-bond acceptors (Lipinski definition) is 4. The summed E-state index contributed by atoms with van der Waals surface area (Å²) in [5, 5.41) is 0. The largest absolute Gasteiger partial charge is 0.756 e. The van der Waals surface area contributed by atoms with E-state index in [0.29, 0.717) is 11.0 Å². The first-order valence-electron chi connectivity index (χ1n) is 9.14. The van der Waals surface area contributed by atoms with Gasteiger partial charge in [-0.2, -0.15) is 0 Å². The van der Waals surface area contributed by atoms with Crippen molar-refractivity contribution in [1.82, 2.24) is 0 Å². The van der Waals surface area contributed by atoms with E-state index < -0.39 is 7.82 Å². The first kappa shape index (κ1) is 23.1. The second-order valence-corrected chi connectivity index (χ2v) is 8.73. The van der Waals surface area contributed by atoms with Crippen molar-refractivity contribution in [2.75, 3.05) is 34.3 Å². The van der Waals surface area contributed by atoms with Gasteiger partial charge in [0, 0.05) is 0 Å². The van der Waals surface area contributed by atoms with Crippen LogP contribution in [0.1, 0.15) is 71.6 Å². The predicted molar refractivity (Wildman–Crippen MR) is 94.2 cm³/mol. The van der Waals surface area contributed by atoms with E-state index >= 15 is 0 Å². The fourth-order valence-electron chi connectivity index (χ4n) is 2.36. The van der Waals surface area contributed by atoms with Gasteiger partial charge < -0.3 is 18.4 Å². The average molecular weight is 351 g/mol. The molecule has 0 spiro atoms. The highest BCUT2D eigenvalue weighted by atomic mass is 31.2. The van der Waals surface area contributed by atoms with Crippen LogP contribution in [0, 0.1) is 0 Å². The molecule has 5 nitrogen and oxygen atoms in total. The zero-order valence-electron chi connectivity index (χ0n) is 15.9. The lowest BCUT2D eigenvalue weighted by atomic mass is 10.0. The van der Waals surface area contributed by atoms with Crippen LogP contribution in [0.5, 0.6) is 0 Å². The quantitative estimate of drug-likeness (QED) is 0.253. The molecular weight excluding hydrogens is 313 g/mol. The lowest BCUT2D eigenvalue weighted by molar-refractivity contribution is -0.870. The lowest BCUT2D eigenvalue weighted by Gasteiger charge is -2.30. The van der Waals surface area contributed by atoms with Gasteiger partial charge in [-0.15, -0.1) is 0 Å². The fourth-order valence-corrected chi connectivity index (χ4v) is 3.31. The van der Waals surface area contributed by atoms with E-state index in [1.54, 1.807) is 0 Å². The number of quaternary nitrogens is 1. The van der Waals surface area contributed by atoms with Crippen LogP contribution in [-0.4, -0.2) is 44.9 Å². The van der Waals surface area contributed by atoms with Crippen LogP contribution in [0.15, 0.2) is 0 Å². The fraction of sp³-hybridized carbons (Fsp3) is 1.00. The number of nitrogens with zero attached hydrogens (tertiary/aromatic N) is 1. The Morgan fingerprint density at radius 3 is 2.13 bits per heavy atom. The standard InChI is InChI=1S/C17H38NO4P/c1-6-8-9-10-11-12-14-17(13-7-2)22-23(19,20)21-16-15-18(3,4)5/h17H,6-16H2,1-5H3. The first-order valence-corrected chi connectivity index (χ1v) is 10.6. The van der Waals surface area contributed by atoms with E-state index in [9.17, 15) is 9.46 Å². The highest BCUT2D eigenvalue weighted by Gasteiger charge is 2.19. The molecule has 2 atom stereocenters. The average Bonchev–Trinajstić information content (AvgIpc) is 2.40. The van der Waals surface area contributed by atoms with Crippen molar-refractivity contribution in [1.29, 1.82) is 0 Å². The van der Waals surface area contributed by atoms with E-state index in [-0.39, 0.29) is 12.7 Å². The summed E-state index contributed by atoms with van der Waals surface area (Å²) in [6, 6.07) is 0. The van der Waals surface area contributed by atoms with Crippen LogP contribution in [-0.2, 0) is 13.6 Å². The molecule has 0 saturated carbocycles. The normalized spacial score (nSPS) is 16.3. The molecule has 0 aromatic heterocycles. The molecule has 0 aromatic rings. The maximum absolute atomic E-state index is 12.0. The van der Waals surface area contributed by atoms with E-state index in [4.69, 9.17) is 9.05 Å². The van der Waals surface area contributed by atoms with Crippen LogP contribution in [0.2, 0.25) is 0 Å². The Kier molecular flexibility index (Phi) is 12.5. The summed E-state index contributed by atoms with van der Waals surface area (Å²) in [5.74, 6) is 0. The minimum atomic E-state index is -4.19. The molecule has 0 aliphatic heterocycles. The van der Waals surface area contributed by atoms with Gasteiger partial charge in [0.2, 0.25) is 0 Å². The Morgan fingerprint density at radius 2 is 1.57 bits per heavy atom. The molecule has 2 unspecified atom stereocenters. The highest BCUT2D eigenvalue weighted by Crippen LogP contribution is 2.41. The van der Waals surface area contributed by atoms with Crippen molar-refractivity contribution < 1.29 is 23.0 Å². The molecule has 0 radical (unpaired) electrons. The summed E-state index contributed by atoms with van der Waals surface area (Å²) >= 11 is 0. The van der Waals surface area contributed by atoms with Crippen LogP contribution in [0.4, 0.5) is 0 Å². The Bertz CT molecular complexity index is 331. The summed E-state index contributed by atoms with van der Waals surface area (Å²) in [7, 11) is 1.80. The highest BCUT2D eigenvalue weighted by molar-refractivity contribution is 7.45. The monoisotopic (exact) mass is 351 g/mol. The number of likely N-dealkylation sites (N-methyl/N-ethyl adjacent to an activating group) is 1. The first-order chi connectivity index (χ1) is 10.7. The molecule has 0 saturated heterocycles. The molecule has 0 amide bonds. The third-order valence-corrected chi connectivity index (χ3v) is 4.84. The summed E-state index contributed by atoms with van der Waals surface area (Å²) < 4.78 is 22.9. The zero-order chi connectivity index (χ0) is 17.8. The molecular formula is C17H38NO4P. The van der Waals surface area contributed by atoms with Crippen LogP contribution in [0.25, 0.3) is 0 Å². The van der Waals surface area contributed by atoms with Crippen LogP contribution in [0.3, 0.4) is 0 Å².